The van der Waals surface area contributed by atoms with Crippen LogP contribution in [-0.4, -0.2) is 69.6 Å². The summed E-state index contributed by atoms with van der Waals surface area (Å²) in [6.07, 6.45) is 3.42. The molecule has 14 heteroatoms. The molecule has 1 unspecified atom stereocenters. The molecule has 1 amide bonds. The summed E-state index contributed by atoms with van der Waals surface area (Å²) in [5, 5.41) is -0.188. The van der Waals surface area contributed by atoms with Crippen LogP contribution in [0.3, 0.4) is 0 Å². The number of pyridine rings is 2. The number of hydrogen-bond donors (Lipinski definition) is 1. The average Bonchev–Trinajstić information content (AvgIpc) is 3.02. The zero-order valence-electron chi connectivity index (χ0n) is 25.7. The van der Waals surface area contributed by atoms with E-state index >= 15 is 8.78 Å². The highest BCUT2D eigenvalue weighted by molar-refractivity contribution is 6.37. The molecule has 10 nitrogen and oxygen atoms in total. The Hall–Kier alpha value is -4.29. The Balaban J connectivity index is 1.77. The fraction of sp³-hybridized carbons (Fsp3) is 0.344. The number of halogens is 4. The molecule has 0 spiro atoms. The number of carbonyl (C=O) groups excluding carboxylic acids is 1. The lowest BCUT2D eigenvalue weighted by Crippen LogP contribution is -2.56. The van der Waals surface area contributed by atoms with Crippen LogP contribution in [0.25, 0.3) is 28.0 Å². The number of nitrogen functional groups attached to an aromatic ring is 1. The van der Waals surface area contributed by atoms with Crippen molar-refractivity contribution >= 4 is 57.3 Å². The fourth-order valence-corrected chi connectivity index (χ4v) is 6.88. The lowest BCUT2D eigenvalue weighted by Gasteiger charge is -2.44. The van der Waals surface area contributed by atoms with Crippen LogP contribution in [0.15, 0.2) is 35.8 Å². The molecule has 46 heavy (non-hydrogen) atoms. The number of benzene rings is 1. The van der Waals surface area contributed by atoms with Crippen LogP contribution >= 0.6 is 23.2 Å². The summed E-state index contributed by atoms with van der Waals surface area (Å²) >= 11 is 12.5. The molecule has 1 saturated heterocycles. The van der Waals surface area contributed by atoms with Gasteiger partial charge in [0.2, 0.25) is 5.91 Å². The molecule has 1 fully saturated rings. The van der Waals surface area contributed by atoms with Crippen molar-refractivity contribution in [1.29, 1.82) is 0 Å². The van der Waals surface area contributed by atoms with Crippen molar-refractivity contribution in [2.45, 2.75) is 39.2 Å². The molecular formula is C32H32Cl2F2N8O2. The first kappa shape index (κ1) is 31.7. The summed E-state index contributed by atoms with van der Waals surface area (Å²) < 4.78 is 34.1. The standard InChI is InChI=1S/C32H32Cl2F2N8O2/c1-6-20(45)42-11-12-43-17(14-42)8-10-41(5)29-22-30(43)40-32(46)44(28-16(4)7-9-38-26(28)15(2)3)31(22)39-27(24(29)36)21-23(35)18(33)13-19(34)25(21)37/h6-7,9,13,15,17H,1,8,10-12,14,37H2,2-5H3. The van der Waals surface area contributed by atoms with Gasteiger partial charge in [0.05, 0.1) is 43.8 Å². The van der Waals surface area contributed by atoms with Crippen molar-refractivity contribution < 1.29 is 13.6 Å². The predicted octanol–water partition coefficient (Wildman–Crippen LogP) is 5.48. The van der Waals surface area contributed by atoms with Crippen LogP contribution in [0.2, 0.25) is 10.0 Å². The maximum atomic E-state index is 17.0. The number of fused-ring (bicyclic) bond motifs is 2. The molecule has 0 radical (unpaired) electrons. The minimum atomic E-state index is -0.998. The minimum Gasteiger partial charge on any atom is -0.397 e. The van der Waals surface area contributed by atoms with Gasteiger partial charge in [0.1, 0.15) is 11.5 Å². The molecule has 1 aromatic carbocycles. The van der Waals surface area contributed by atoms with Gasteiger partial charge < -0.3 is 20.4 Å². The smallest absolute Gasteiger partial charge is 0.355 e. The number of rotatable bonds is 4. The van der Waals surface area contributed by atoms with E-state index < -0.39 is 28.6 Å². The van der Waals surface area contributed by atoms with Gasteiger partial charge in [-0.25, -0.2) is 23.1 Å². The number of amides is 1. The van der Waals surface area contributed by atoms with E-state index in [2.05, 4.69) is 21.5 Å². The highest BCUT2D eigenvalue weighted by Crippen LogP contribution is 2.45. The number of piperazine rings is 1. The van der Waals surface area contributed by atoms with Crippen LogP contribution in [0, 0.1) is 18.6 Å². The number of nitrogens with zero attached hydrogens (tertiary/aromatic N) is 7. The summed E-state index contributed by atoms with van der Waals surface area (Å²) in [6, 6.07) is 2.66. The van der Waals surface area contributed by atoms with Gasteiger partial charge in [-0.1, -0.05) is 43.6 Å². The fourth-order valence-electron chi connectivity index (χ4n) is 6.42. The second-order valence-corrected chi connectivity index (χ2v) is 12.7. The van der Waals surface area contributed by atoms with E-state index in [1.165, 1.54) is 10.6 Å². The third kappa shape index (κ3) is 4.94. The second kappa shape index (κ2) is 11.8. The van der Waals surface area contributed by atoms with Crippen LogP contribution in [0.4, 0.5) is 26.0 Å². The van der Waals surface area contributed by atoms with E-state index in [1.807, 2.05) is 25.7 Å². The van der Waals surface area contributed by atoms with Gasteiger partial charge >= 0.3 is 5.69 Å². The molecule has 240 valence electrons. The zero-order valence-corrected chi connectivity index (χ0v) is 27.3. The molecule has 1 atom stereocenters. The summed E-state index contributed by atoms with van der Waals surface area (Å²) in [7, 11) is 1.70. The Kier molecular flexibility index (Phi) is 8.14. The number of nitrogens with two attached hydrogens (primary N) is 1. The largest absolute Gasteiger partial charge is 0.397 e. The van der Waals surface area contributed by atoms with Crippen molar-refractivity contribution in [2.24, 2.45) is 0 Å². The van der Waals surface area contributed by atoms with E-state index in [9.17, 15) is 9.59 Å². The Morgan fingerprint density at radius 3 is 2.57 bits per heavy atom. The highest BCUT2D eigenvalue weighted by Gasteiger charge is 2.37. The summed E-state index contributed by atoms with van der Waals surface area (Å²) in [6.45, 7) is 10.7. The number of aromatic nitrogens is 4. The first-order valence-electron chi connectivity index (χ1n) is 14.8. The molecule has 5 heterocycles. The van der Waals surface area contributed by atoms with Gasteiger partial charge in [0.25, 0.3) is 0 Å². The van der Waals surface area contributed by atoms with E-state index in [0.717, 1.165) is 6.07 Å². The summed E-state index contributed by atoms with van der Waals surface area (Å²) in [5.41, 5.74) is 6.28. The maximum absolute atomic E-state index is 17.0. The second-order valence-electron chi connectivity index (χ2n) is 11.9. The Labute approximate surface area is 274 Å². The minimum absolute atomic E-state index is 0.0337. The first-order valence-corrected chi connectivity index (χ1v) is 15.6. The number of carbonyl (C=O) groups is 1. The molecule has 3 aromatic heterocycles. The monoisotopic (exact) mass is 668 g/mol. The molecule has 0 aliphatic carbocycles. The summed E-state index contributed by atoms with van der Waals surface area (Å²) in [4.78, 5) is 45.9. The topological polar surface area (TPSA) is 113 Å². The Morgan fingerprint density at radius 2 is 1.87 bits per heavy atom. The van der Waals surface area contributed by atoms with E-state index in [-0.39, 0.29) is 56.1 Å². The zero-order chi connectivity index (χ0) is 33.2. The third-order valence-corrected chi connectivity index (χ3v) is 9.30. The lowest BCUT2D eigenvalue weighted by atomic mass is 10.0. The Morgan fingerprint density at radius 1 is 1.13 bits per heavy atom. The maximum Gasteiger partial charge on any atom is 0.355 e. The predicted molar refractivity (Wildman–Crippen MR) is 177 cm³/mol. The van der Waals surface area contributed by atoms with Crippen LogP contribution in [-0.2, 0) is 4.79 Å². The van der Waals surface area contributed by atoms with Crippen LogP contribution in [0.1, 0.15) is 37.4 Å². The van der Waals surface area contributed by atoms with Crippen molar-refractivity contribution in [3.8, 4) is 16.9 Å². The summed E-state index contributed by atoms with van der Waals surface area (Å²) in [5.74, 6) is -1.97. The molecule has 0 bridgehead atoms. The van der Waals surface area contributed by atoms with Gasteiger partial charge in [-0.05, 0) is 43.0 Å². The van der Waals surface area contributed by atoms with Crippen LogP contribution in [0.5, 0.6) is 0 Å². The van der Waals surface area contributed by atoms with Crippen LogP contribution < -0.4 is 21.2 Å². The molecule has 6 rings (SSSR count). The lowest BCUT2D eigenvalue weighted by molar-refractivity contribution is -0.126. The molecule has 4 aromatic rings. The van der Waals surface area contributed by atoms with Gasteiger partial charge in [0.15, 0.2) is 17.3 Å². The van der Waals surface area contributed by atoms with Gasteiger partial charge in [-0.15, -0.1) is 0 Å². The van der Waals surface area contributed by atoms with Crippen molar-refractivity contribution in [3.05, 3.63) is 74.4 Å². The number of aryl methyl sites for hydroxylation is 1. The van der Waals surface area contributed by atoms with Crippen molar-refractivity contribution in [1.82, 2.24) is 24.4 Å². The quantitative estimate of drug-likeness (QED) is 0.173. The van der Waals surface area contributed by atoms with Crippen molar-refractivity contribution in [2.75, 3.05) is 48.8 Å². The van der Waals surface area contributed by atoms with E-state index in [0.29, 0.717) is 49.5 Å². The highest BCUT2D eigenvalue weighted by atomic mass is 35.5. The third-order valence-electron chi connectivity index (χ3n) is 8.71. The number of hydrogen-bond acceptors (Lipinski definition) is 8. The normalized spacial score (nSPS) is 16.5. The molecule has 2 aliphatic rings. The Bertz CT molecular complexity index is 1970. The van der Waals surface area contributed by atoms with Gasteiger partial charge in [0, 0.05) is 45.5 Å². The van der Waals surface area contributed by atoms with Crippen molar-refractivity contribution in [3.63, 3.8) is 0 Å². The molecule has 0 saturated carbocycles. The molecule has 2 N–H and O–H groups in total. The van der Waals surface area contributed by atoms with Gasteiger partial charge in [-0.3, -0.25) is 9.78 Å². The molecule has 2 aliphatic heterocycles. The SMILES string of the molecule is C=CC(=O)N1CCN2c3nc(=O)n(-c4c(C)ccnc4C(C)C)c4nc(-c5c(N)c(Cl)cc(Cl)c5F)c(F)c(c34)N(C)CCC2C1. The first-order chi connectivity index (χ1) is 21.8. The number of anilines is 3. The molecular weight excluding hydrogens is 637 g/mol. The van der Waals surface area contributed by atoms with Gasteiger partial charge in [-0.2, -0.15) is 4.98 Å². The van der Waals surface area contributed by atoms with E-state index in [1.54, 1.807) is 29.1 Å². The average molecular weight is 670 g/mol. The van der Waals surface area contributed by atoms with E-state index in [4.69, 9.17) is 28.9 Å².